The Balaban J connectivity index is 0.803. The Morgan fingerprint density at radius 1 is 0.920 bits per heavy atom. The molecule has 1 unspecified atom stereocenters. The fourth-order valence-corrected chi connectivity index (χ4v) is 7.55. The molecule has 7 rings (SSSR count). The standard InChI is InChI=1S/C40H44N4O6/c45-35-15-14-33(39-38(35)43-37(47)25-49-39)36(46)22-41-18-16-26-10-12-27(13-11-26)17-19-44-23-29-20-31(21-30(29)24-44)50-40(48)42-34-9-5-4-8-32(34)28-6-2-1-3-7-28/h1-15,29-31,36,41,45-46H,16-25H2,(H,42,48)(H,43,47)/t29-,30+,31?,36-/m0/s1. The zero-order chi connectivity index (χ0) is 34.5. The molecule has 5 N–H and O–H groups in total. The number of likely N-dealkylation sites (tertiary alicyclic amines) is 1. The number of aliphatic hydroxyl groups excluding tert-OH is 1. The molecule has 0 radical (unpaired) electrons. The molecule has 2 fully saturated rings. The van der Waals surface area contributed by atoms with Gasteiger partial charge in [0.1, 0.15) is 17.5 Å². The number of nitrogens with zero attached hydrogens (tertiary/aromatic N) is 1. The molecule has 260 valence electrons. The van der Waals surface area contributed by atoms with Crippen LogP contribution in [0, 0.1) is 11.8 Å². The molecule has 2 aliphatic heterocycles. The van der Waals surface area contributed by atoms with Gasteiger partial charge in [-0.3, -0.25) is 10.1 Å². The lowest BCUT2D eigenvalue weighted by Crippen LogP contribution is -2.28. The quantitative estimate of drug-likeness (QED) is 0.0946. The van der Waals surface area contributed by atoms with Crippen molar-refractivity contribution >= 4 is 23.4 Å². The third kappa shape index (κ3) is 7.94. The summed E-state index contributed by atoms with van der Waals surface area (Å²) < 4.78 is 11.4. The number of phenols is 1. The van der Waals surface area contributed by atoms with Gasteiger partial charge in [-0.05, 0) is 79.0 Å². The van der Waals surface area contributed by atoms with E-state index in [0.29, 0.717) is 36.2 Å². The minimum absolute atomic E-state index is 0.0438. The number of fused-ring (bicyclic) bond motifs is 2. The number of carbonyl (C=O) groups is 2. The van der Waals surface area contributed by atoms with E-state index < -0.39 is 6.10 Å². The van der Waals surface area contributed by atoms with Crippen LogP contribution in [-0.2, 0) is 22.4 Å². The van der Waals surface area contributed by atoms with Crippen LogP contribution in [0.3, 0.4) is 0 Å². The van der Waals surface area contributed by atoms with Gasteiger partial charge in [0, 0.05) is 37.3 Å². The number of nitrogens with one attached hydrogen (secondary N) is 3. The van der Waals surface area contributed by atoms with Crippen molar-refractivity contribution in [3.63, 3.8) is 0 Å². The number of phenolic OH excluding ortho intramolecular Hbond substituents is 1. The molecule has 10 heteroatoms. The summed E-state index contributed by atoms with van der Waals surface area (Å²) in [5.74, 6) is 1.00. The summed E-state index contributed by atoms with van der Waals surface area (Å²) in [6.45, 7) is 3.97. The smallest absolute Gasteiger partial charge is 0.411 e. The van der Waals surface area contributed by atoms with Gasteiger partial charge in [-0.2, -0.15) is 0 Å². The Labute approximate surface area is 292 Å². The first kappa shape index (κ1) is 33.6. The van der Waals surface area contributed by atoms with Gasteiger partial charge in [-0.25, -0.2) is 4.79 Å². The van der Waals surface area contributed by atoms with Gasteiger partial charge >= 0.3 is 6.09 Å². The molecular weight excluding hydrogens is 632 g/mol. The fraction of sp³-hybridized carbons (Fsp3) is 0.350. The van der Waals surface area contributed by atoms with Crippen LogP contribution in [-0.4, -0.2) is 72.5 Å². The van der Waals surface area contributed by atoms with Crippen LogP contribution in [0.15, 0.2) is 91.0 Å². The van der Waals surface area contributed by atoms with Crippen LogP contribution in [0.1, 0.15) is 35.6 Å². The molecule has 1 saturated carbocycles. The van der Waals surface area contributed by atoms with E-state index in [0.717, 1.165) is 62.1 Å². The average molecular weight is 677 g/mol. The number of aromatic hydroxyl groups is 1. The average Bonchev–Trinajstić information content (AvgIpc) is 3.69. The molecule has 0 aromatic heterocycles. The summed E-state index contributed by atoms with van der Waals surface area (Å²) in [5.41, 5.74) is 6.04. The molecule has 0 spiro atoms. The van der Waals surface area contributed by atoms with Crippen molar-refractivity contribution in [1.29, 1.82) is 0 Å². The number of anilines is 2. The fourth-order valence-electron chi connectivity index (χ4n) is 7.55. The lowest BCUT2D eigenvalue weighted by atomic mass is 10.0. The van der Waals surface area contributed by atoms with Gasteiger partial charge in [0.15, 0.2) is 12.4 Å². The molecule has 0 bridgehead atoms. The number of hydrogen-bond acceptors (Lipinski definition) is 8. The second-order valence-electron chi connectivity index (χ2n) is 13.6. The molecule has 3 aliphatic rings. The number of para-hydroxylation sites is 1. The molecule has 1 aliphatic carbocycles. The second-order valence-corrected chi connectivity index (χ2v) is 13.6. The first-order valence-corrected chi connectivity index (χ1v) is 17.5. The van der Waals surface area contributed by atoms with Gasteiger partial charge < -0.3 is 35.2 Å². The van der Waals surface area contributed by atoms with Crippen LogP contribution >= 0.6 is 0 Å². The van der Waals surface area contributed by atoms with Crippen molar-refractivity contribution in [3.8, 4) is 22.6 Å². The molecule has 4 aromatic carbocycles. The third-order valence-corrected chi connectivity index (χ3v) is 10.1. The van der Waals surface area contributed by atoms with E-state index >= 15 is 0 Å². The highest BCUT2D eigenvalue weighted by atomic mass is 16.6. The first-order valence-electron chi connectivity index (χ1n) is 17.5. The summed E-state index contributed by atoms with van der Waals surface area (Å²) in [4.78, 5) is 27.0. The van der Waals surface area contributed by atoms with Crippen molar-refractivity contribution in [2.75, 3.05) is 50.0 Å². The van der Waals surface area contributed by atoms with E-state index in [4.69, 9.17) is 9.47 Å². The van der Waals surface area contributed by atoms with Crippen LogP contribution < -0.4 is 20.7 Å². The van der Waals surface area contributed by atoms with Gasteiger partial charge in [-0.15, -0.1) is 0 Å². The SMILES string of the molecule is O=C1COc2c([C@@H](O)CNCCc3ccc(CCN4C[C@H]5CC(OC(=O)Nc6ccccc6-c6ccccc6)C[C@H]5C4)cc3)ccc(O)c2N1. The topological polar surface area (TPSA) is 132 Å². The van der Waals surface area contributed by atoms with E-state index in [1.807, 2.05) is 54.6 Å². The number of rotatable bonds is 12. The molecule has 4 aromatic rings. The van der Waals surface area contributed by atoms with E-state index in [2.05, 4.69) is 45.1 Å². The first-order chi connectivity index (χ1) is 24.4. The Morgan fingerprint density at radius 2 is 1.62 bits per heavy atom. The molecule has 10 nitrogen and oxygen atoms in total. The van der Waals surface area contributed by atoms with Crippen LogP contribution in [0.25, 0.3) is 11.1 Å². The minimum Gasteiger partial charge on any atom is -0.506 e. The zero-order valence-corrected chi connectivity index (χ0v) is 28.0. The predicted octanol–water partition coefficient (Wildman–Crippen LogP) is 5.76. The van der Waals surface area contributed by atoms with E-state index in [-0.39, 0.29) is 36.1 Å². The molecule has 50 heavy (non-hydrogen) atoms. The van der Waals surface area contributed by atoms with Crippen molar-refractivity contribution in [3.05, 3.63) is 108 Å². The number of ether oxygens (including phenoxy) is 2. The number of amides is 2. The Bertz CT molecular complexity index is 1790. The summed E-state index contributed by atoms with van der Waals surface area (Å²) in [7, 11) is 0. The predicted molar refractivity (Wildman–Crippen MR) is 192 cm³/mol. The lowest BCUT2D eigenvalue weighted by molar-refractivity contribution is -0.118. The van der Waals surface area contributed by atoms with Crippen molar-refractivity contribution < 1.29 is 29.3 Å². The number of carbonyl (C=O) groups excluding carboxylic acids is 2. The maximum atomic E-state index is 12.9. The maximum absolute atomic E-state index is 12.9. The third-order valence-electron chi connectivity index (χ3n) is 10.1. The number of aliphatic hydroxyl groups is 1. The maximum Gasteiger partial charge on any atom is 0.411 e. The monoisotopic (exact) mass is 676 g/mol. The molecule has 2 amide bonds. The van der Waals surface area contributed by atoms with Crippen LogP contribution in [0.2, 0.25) is 0 Å². The van der Waals surface area contributed by atoms with Gasteiger partial charge in [0.25, 0.3) is 5.91 Å². The van der Waals surface area contributed by atoms with Gasteiger partial charge in [0.2, 0.25) is 0 Å². The molecule has 4 atom stereocenters. The summed E-state index contributed by atoms with van der Waals surface area (Å²) in [6, 6.07) is 29.7. The number of hydrogen-bond donors (Lipinski definition) is 5. The normalized spacial score (nSPS) is 20.3. The summed E-state index contributed by atoms with van der Waals surface area (Å²) in [5, 5.41) is 29.7. The number of benzene rings is 4. The Hall–Kier alpha value is -4.90. The summed E-state index contributed by atoms with van der Waals surface area (Å²) in [6.07, 6.45) is 2.37. The van der Waals surface area contributed by atoms with Crippen molar-refractivity contribution in [2.24, 2.45) is 11.8 Å². The van der Waals surface area contributed by atoms with Crippen LogP contribution in [0.4, 0.5) is 16.2 Å². The largest absolute Gasteiger partial charge is 0.506 e. The zero-order valence-electron chi connectivity index (χ0n) is 28.0. The second kappa shape index (κ2) is 15.3. The van der Waals surface area contributed by atoms with Gasteiger partial charge in [-0.1, -0.05) is 72.8 Å². The van der Waals surface area contributed by atoms with E-state index in [1.165, 1.54) is 17.2 Å². The lowest BCUT2D eigenvalue weighted by Gasteiger charge is -2.24. The highest BCUT2D eigenvalue weighted by Crippen LogP contribution is 2.42. The van der Waals surface area contributed by atoms with Crippen LogP contribution in [0.5, 0.6) is 11.5 Å². The molecular formula is C40H44N4O6. The highest BCUT2D eigenvalue weighted by molar-refractivity contribution is 5.97. The summed E-state index contributed by atoms with van der Waals surface area (Å²) >= 11 is 0. The minimum atomic E-state index is -0.849. The highest BCUT2D eigenvalue weighted by Gasteiger charge is 2.42. The Morgan fingerprint density at radius 3 is 2.38 bits per heavy atom. The molecule has 2 heterocycles. The molecule has 1 saturated heterocycles. The van der Waals surface area contributed by atoms with Crippen molar-refractivity contribution in [1.82, 2.24) is 10.2 Å². The van der Waals surface area contributed by atoms with E-state index in [1.54, 1.807) is 6.07 Å². The van der Waals surface area contributed by atoms with Crippen molar-refractivity contribution in [2.45, 2.75) is 37.9 Å². The Kier molecular flexibility index (Phi) is 10.3. The van der Waals surface area contributed by atoms with E-state index in [9.17, 15) is 19.8 Å². The van der Waals surface area contributed by atoms with Gasteiger partial charge in [0.05, 0.1) is 11.8 Å².